The van der Waals surface area contributed by atoms with Gasteiger partial charge in [-0.05, 0) is 43.9 Å². The van der Waals surface area contributed by atoms with Gasteiger partial charge in [-0.25, -0.2) is 0 Å². The van der Waals surface area contributed by atoms with Crippen LogP contribution in [-0.2, 0) is 11.3 Å². The number of hydrogen-bond acceptors (Lipinski definition) is 4. The lowest BCUT2D eigenvalue weighted by atomic mass is 10.1. The Bertz CT molecular complexity index is 488. The number of halogens is 1. The van der Waals surface area contributed by atoms with E-state index in [2.05, 4.69) is 26.3 Å². The Morgan fingerprint density at radius 2 is 2.10 bits per heavy atom. The molecule has 2 unspecified atom stereocenters. The Hall–Kier alpha value is -0.920. The van der Waals surface area contributed by atoms with Crippen molar-refractivity contribution in [3.05, 3.63) is 15.9 Å². The van der Waals surface area contributed by atoms with E-state index in [4.69, 9.17) is 0 Å². The van der Waals surface area contributed by atoms with Crippen LogP contribution in [0.3, 0.4) is 0 Å². The first-order chi connectivity index (χ1) is 9.72. The molecule has 0 fully saturated rings. The van der Waals surface area contributed by atoms with E-state index < -0.39 is 6.10 Å². The fraction of sp³-hybridized carbons (Fsp3) is 0.714. The van der Waals surface area contributed by atoms with Gasteiger partial charge in [0.2, 0.25) is 5.91 Å². The Morgan fingerprint density at radius 1 is 1.48 bits per heavy atom. The third-order valence-corrected chi connectivity index (χ3v) is 4.42. The number of likely N-dealkylation sites (N-methyl/N-ethyl adjacent to an activating group) is 1. The molecule has 0 aliphatic heterocycles. The van der Waals surface area contributed by atoms with Gasteiger partial charge in [0.25, 0.3) is 0 Å². The van der Waals surface area contributed by atoms with Crippen molar-refractivity contribution < 1.29 is 9.90 Å². The molecule has 6 nitrogen and oxygen atoms in total. The van der Waals surface area contributed by atoms with Gasteiger partial charge in [-0.3, -0.25) is 9.48 Å². The highest BCUT2D eigenvalue weighted by Gasteiger charge is 2.18. The van der Waals surface area contributed by atoms with Crippen molar-refractivity contribution in [1.29, 1.82) is 0 Å². The largest absolute Gasteiger partial charge is 0.390 e. The zero-order valence-electron chi connectivity index (χ0n) is 13.4. The second-order valence-corrected chi connectivity index (χ2v) is 6.52. The lowest BCUT2D eigenvalue weighted by Gasteiger charge is -2.18. The predicted octanol–water partition coefficient (Wildman–Crippen LogP) is 0.937. The number of carbonyl (C=O) groups excluding carboxylic acids is 1. The van der Waals surface area contributed by atoms with Crippen LogP contribution in [0.1, 0.15) is 18.3 Å². The molecule has 0 aliphatic rings. The summed E-state index contributed by atoms with van der Waals surface area (Å²) in [6, 6.07) is 0. The molecule has 21 heavy (non-hydrogen) atoms. The lowest BCUT2D eigenvalue weighted by Crippen LogP contribution is -2.40. The molecule has 1 amide bonds. The summed E-state index contributed by atoms with van der Waals surface area (Å²) in [6.07, 6.45) is -0.557. The topological polar surface area (TPSA) is 70.4 Å². The highest BCUT2D eigenvalue weighted by Crippen LogP contribution is 2.20. The molecule has 0 saturated carbocycles. The summed E-state index contributed by atoms with van der Waals surface area (Å²) >= 11 is 3.48. The molecular weight excluding hydrogens is 336 g/mol. The van der Waals surface area contributed by atoms with E-state index in [1.54, 1.807) is 0 Å². The monoisotopic (exact) mass is 360 g/mol. The molecule has 0 aromatic carbocycles. The minimum atomic E-state index is -0.557. The summed E-state index contributed by atoms with van der Waals surface area (Å²) in [6.45, 7) is 7.07. The number of nitrogens with zero attached hydrogens (tertiary/aromatic N) is 3. The first kappa shape index (κ1) is 18.1. The fourth-order valence-electron chi connectivity index (χ4n) is 2.07. The molecule has 0 aliphatic carbocycles. The summed E-state index contributed by atoms with van der Waals surface area (Å²) < 4.78 is 2.82. The van der Waals surface area contributed by atoms with Crippen LogP contribution in [0.25, 0.3) is 0 Å². The number of nitrogens with one attached hydrogen (secondary N) is 1. The van der Waals surface area contributed by atoms with Crippen LogP contribution in [0.5, 0.6) is 0 Å². The zero-order valence-corrected chi connectivity index (χ0v) is 14.9. The lowest BCUT2D eigenvalue weighted by molar-refractivity contribution is -0.125. The number of aromatic nitrogens is 2. The van der Waals surface area contributed by atoms with E-state index in [0.717, 1.165) is 15.9 Å². The van der Waals surface area contributed by atoms with E-state index in [-0.39, 0.29) is 18.4 Å². The SMILES string of the molecule is Cc1nn(CC(C)C(=O)NCC(O)CN(C)C)c(C)c1Br. The number of aliphatic hydroxyl groups is 1. The molecule has 0 radical (unpaired) electrons. The van der Waals surface area contributed by atoms with Crippen molar-refractivity contribution in [3.63, 3.8) is 0 Å². The molecule has 2 atom stereocenters. The quantitative estimate of drug-likeness (QED) is 0.758. The summed E-state index contributed by atoms with van der Waals surface area (Å²) in [7, 11) is 3.77. The van der Waals surface area contributed by atoms with E-state index in [1.807, 2.05) is 44.4 Å². The maximum Gasteiger partial charge on any atom is 0.224 e. The molecule has 7 heteroatoms. The molecule has 120 valence electrons. The maximum atomic E-state index is 12.1. The number of carbonyl (C=O) groups is 1. The average molecular weight is 361 g/mol. The van der Waals surface area contributed by atoms with Crippen LogP contribution in [-0.4, -0.2) is 59.0 Å². The van der Waals surface area contributed by atoms with Crippen molar-refractivity contribution >= 4 is 21.8 Å². The molecule has 0 saturated heterocycles. The number of rotatable bonds is 7. The third-order valence-electron chi connectivity index (χ3n) is 3.28. The Kier molecular flexibility index (Phi) is 6.83. The average Bonchev–Trinajstić information content (AvgIpc) is 2.62. The van der Waals surface area contributed by atoms with Crippen molar-refractivity contribution in [2.45, 2.75) is 33.4 Å². The minimum Gasteiger partial charge on any atom is -0.390 e. The zero-order chi connectivity index (χ0) is 16.2. The highest BCUT2D eigenvalue weighted by molar-refractivity contribution is 9.10. The summed E-state index contributed by atoms with van der Waals surface area (Å²) in [5.41, 5.74) is 1.93. The minimum absolute atomic E-state index is 0.0727. The van der Waals surface area contributed by atoms with Crippen LogP contribution in [0.2, 0.25) is 0 Å². The van der Waals surface area contributed by atoms with Crippen molar-refractivity contribution in [1.82, 2.24) is 20.0 Å². The smallest absolute Gasteiger partial charge is 0.224 e. The van der Waals surface area contributed by atoms with Crippen LogP contribution < -0.4 is 5.32 Å². The number of hydrogen-bond donors (Lipinski definition) is 2. The molecule has 0 bridgehead atoms. The van der Waals surface area contributed by atoms with Gasteiger partial charge in [0, 0.05) is 18.8 Å². The fourth-order valence-corrected chi connectivity index (χ4v) is 2.36. The standard InChI is InChI=1S/C14H25BrN4O2/c1-9(7-19-11(3)13(15)10(2)17-19)14(21)16-6-12(20)8-18(4)5/h9,12,20H,6-8H2,1-5H3,(H,16,21). The summed E-state index contributed by atoms with van der Waals surface area (Å²) in [5, 5.41) is 16.9. The third kappa shape index (κ3) is 5.41. The van der Waals surface area contributed by atoms with Gasteiger partial charge in [-0.1, -0.05) is 6.92 Å². The second kappa shape index (κ2) is 7.91. The van der Waals surface area contributed by atoms with Crippen LogP contribution >= 0.6 is 15.9 Å². The Morgan fingerprint density at radius 3 is 2.57 bits per heavy atom. The Balaban J connectivity index is 2.49. The van der Waals surface area contributed by atoms with Crippen LogP contribution in [0, 0.1) is 19.8 Å². The van der Waals surface area contributed by atoms with E-state index >= 15 is 0 Å². The van der Waals surface area contributed by atoms with Crippen molar-refractivity contribution in [3.8, 4) is 0 Å². The molecule has 1 aromatic rings. The number of aryl methyl sites for hydroxylation is 1. The van der Waals surface area contributed by atoms with Crippen LogP contribution in [0.15, 0.2) is 4.47 Å². The van der Waals surface area contributed by atoms with Gasteiger partial charge in [-0.2, -0.15) is 5.10 Å². The molecule has 2 N–H and O–H groups in total. The second-order valence-electron chi connectivity index (χ2n) is 5.73. The van der Waals surface area contributed by atoms with Crippen molar-refractivity contribution in [2.24, 2.45) is 5.92 Å². The molecule has 1 heterocycles. The normalized spacial score (nSPS) is 14.3. The van der Waals surface area contributed by atoms with Gasteiger partial charge in [0.15, 0.2) is 0 Å². The van der Waals surface area contributed by atoms with E-state index in [9.17, 15) is 9.90 Å². The Labute approximate surface area is 134 Å². The van der Waals surface area contributed by atoms with Gasteiger partial charge >= 0.3 is 0 Å². The summed E-state index contributed by atoms with van der Waals surface area (Å²) in [4.78, 5) is 13.9. The molecule has 1 aromatic heterocycles. The predicted molar refractivity (Wildman–Crippen MR) is 86.1 cm³/mol. The van der Waals surface area contributed by atoms with Gasteiger partial charge in [0.1, 0.15) is 0 Å². The molecule has 0 spiro atoms. The highest BCUT2D eigenvalue weighted by atomic mass is 79.9. The number of aliphatic hydroxyl groups excluding tert-OH is 1. The molecule has 1 rings (SSSR count). The van der Waals surface area contributed by atoms with E-state index in [1.165, 1.54) is 0 Å². The van der Waals surface area contributed by atoms with Crippen LogP contribution in [0.4, 0.5) is 0 Å². The van der Waals surface area contributed by atoms with Crippen molar-refractivity contribution in [2.75, 3.05) is 27.2 Å². The van der Waals surface area contributed by atoms with Gasteiger partial charge in [0.05, 0.1) is 28.7 Å². The summed E-state index contributed by atoms with van der Waals surface area (Å²) in [5.74, 6) is -0.280. The number of amides is 1. The first-order valence-electron chi connectivity index (χ1n) is 7.02. The van der Waals surface area contributed by atoms with E-state index in [0.29, 0.717) is 13.1 Å². The maximum absolute atomic E-state index is 12.1. The molecular formula is C14H25BrN4O2. The first-order valence-corrected chi connectivity index (χ1v) is 7.81. The van der Waals surface area contributed by atoms with Gasteiger partial charge in [-0.15, -0.1) is 0 Å². The van der Waals surface area contributed by atoms with Gasteiger partial charge < -0.3 is 15.3 Å².